The third kappa shape index (κ3) is 4.48. The Hall–Kier alpha value is -1.13. The molecule has 19 heavy (non-hydrogen) atoms. The van der Waals surface area contributed by atoms with Crippen LogP contribution in [-0.2, 0) is 0 Å². The van der Waals surface area contributed by atoms with Gasteiger partial charge in [-0.05, 0) is 44.9 Å². The van der Waals surface area contributed by atoms with Crippen LogP contribution in [0.1, 0.15) is 26.2 Å². The monoisotopic (exact) mass is 267 g/mol. The van der Waals surface area contributed by atoms with Crippen LogP contribution in [0.2, 0.25) is 0 Å². The summed E-state index contributed by atoms with van der Waals surface area (Å²) in [5.74, 6) is 0.303. The summed E-state index contributed by atoms with van der Waals surface area (Å²) in [6.45, 7) is 4.28. The minimum atomic E-state index is -0.273. The Morgan fingerprint density at radius 1 is 1.53 bits per heavy atom. The highest BCUT2D eigenvalue weighted by atomic mass is 19.1. The Kier molecular flexibility index (Phi) is 5.16. The molecule has 0 aromatic heterocycles. The van der Waals surface area contributed by atoms with Crippen LogP contribution in [0.4, 0.5) is 4.39 Å². The van der Waals surface area contributed by atoms with Crippen molar-refractivity contribution in [3.63, 3.8) is 0 Å². The number of rotatable bonds is 6. The summed E-state index contributed by atoms with van der Waals surface area (Å²) in [4.78, 5) is 2.35. The van der Waals surface area contributed by atoms with Crippen molar-refractivity contribution in [1.29, 1.82) is 0 Å². The van der Waals surface area contributed by atoms with Crippen LogP contribution in [0, 0.1) is 5.82 Å². The quantitative estimate of drug-likeness (QED) is 0.859. The van der Waals surface area contributed by atoms with Crippen molar-refractivity contribution in [1.82, 2.24) is 4.90 Å². The van der Waals surface area contributed by atoms with Crippen molar-refractivity contribution in [3.05, 3.63) is 30.1 Å². The number of nitrogens with zero attached hydrogens (tertiary/aromatic N) is 1. The van der Waals surface area contributed by atoms with Crippen molar-refractivity contribution < 1.29 is 14.2 Å². The molecule has 1 fully saturated rings. The lowest BCUT2D eigenvalue weighted by atomic mass is 10.1. The summed E-state index contributed by atoms with van der Waals surface area (Å²) in [7, 11) is 0. The van der Waals surface area contributed by atoms with Crippen molar-refractivity contribution >= 4 is 0 Å². The fourth-order valence-electron chi connectivity index (χ4n) is 2.69. The predicted octanol–water partition coefficient (Wildman–Crippen LogP) is 2.44. The lowest BCUT2D eigenvalue weighted by Gasteiger charge is -2.25. The number of likely N-dealkylation sites (tertiary alicyclic amines) is 1. The van der Waals surface area contributed by atoms with Crippen LogP contribution in [0.3, 0.4) is 0 Å². The molecule has 0 bridgehead atoms. The van der Waals surface area contributed by atoms with Crippen molar-refractivity contribution in [3.8, 4) is 5.75 Å². The number of halogens is 1. The van der Waals surface area contributed by atoms with E-state index in [0.717, 1.165) is 25.9 Å². The van der Waals surface area contributed by atoms with Gasteiger partial charge in [-0.3, -0.25) is 4.90 Å². The largest absolute Gasteiger partial charge is 0.492 e. The molecular formula is C15H22FNO2. The zero-order valence-corrected chi connectivity index (χ0v) is 11.4. The van der Waals surface area contributed by atoms with E-state index in [1.807, 2.05) is 6.92 Å². The molecule has 0 radical (unpaired) electrons. The van der Waals surface area contributed by atoms with E-state index in [-0.39, 0.29) is 11.9 Å². The molecule has 2 rings (SSSR count). The van der Waals surface area contributed by atoms with Gasteiger partial charge in [-0.15, -0.1) is 0 Å². The highest BCUT2D eigenvalue weighted by Gasteiger charge is 2.25. The standard InChI is InChI=1S/C15H22FNO2/c1-12(18)10-14-5-3-7-17(14)8-9-19-15-6-2-4-13(16)11-15/h2,4,6,11-12,14,18H,3,5,7-10H2,1H3. The number of ether oxygens (including phenoxy) is 1. The second-order valence-electron chi connectivity index (χ2n) is 5.22. The fraction of sp³-hybridized carbons (Fsp3) is 0.600. The van der Waals surface area contributed by atoms with E-state index in [1.165, 1.54) is 18.6 Å². The molecule has 0 spiro atoms. The van der Waals surface area contributed by atoms with Gasteiger partial charge in [0.2, 0.25) is 0 Å². The van der Waals surface area contributed by atoms with Crippen molar-refractivity contribution in [2.24, 2.45) is 0 Å². The van der Waals surface area contributed by atoms with Gasteiger partial charge in [0.1, 0.15) is 18.2 Å². The maximum absolute atomic E-state index is 13.0. The molecule has 0 amide bonds. The van der Waals surface area contributed by atoms with Crippen LogP contribution in [-0.4, -0.2) is 41.8 Å². The fourth-order valence-corrected chi connectivity index (χ4v) is 2.69. The molecule has 0 saturated carbocycles. The van der Waals surface area contributed by atoms with Crippen LogP contribution in [0.5, 0.6) is 5.75 Å². The molecule has 1 heterocycles. The summed E-state index contributed by atoms with van der Waals surface area (Å²) in [6.07, 6.45) is 2.89. The number of benzene rings is 1. The zero-order valence-electron chi connectivity index (χ0n) is 11.4. The zero-order chi connectivity index (χ0) is 13.7. The molecule has 1 aliphatic heterocycles. The third-order valence-corrected chi connectivity index (χ3v) is 3.56. The lowest BCUT2D eigenvalue weighted by Crippen LogP contribution is -2.35. The van der Waals surface area contributed by atoms with E-state index < -0.39 is 0 Å². The average molecular weight is 267 g/mol. The topological polar surface area (TPSA) is 32.7 Å². The summed E-state index contributed by atoms with van der Waals surface area (Å²) in [6, 6.07) is 6.68. The Morgan fingerprint density at radius 3 is 3.11 bits per heavy atom. The van der Waals surface area contributed by atoms with E-state index in [0.29, 0.717) is 18.4 Å². The first-order valence-electron chi connectivity index (χ1n) is 6.95. The van der Waals surface area contributed by atoms with Gasteiger partial charge in [0.15, 0.2) is 0 Å². The highest BCUT2D eigenvalue weighted by molar-refractivity contribution is 5.22. The summed E-state index contributed by atoms with van der Waals surface area (Å²) in [5, 5.41) is 9.46. The second kappa shape index (κ2) is 6.87. The number of hydrogen-bond acceptors (Lipinski definition) is 3. The maximum Gasteiger partial charge on any atom is 0.126 e. The van der Waals surface area contributed by atoms with E-state index in [9.17, 15) is 9.50 Å². The van der Waals surface area contributed by atoms with Gasteiger partial charge in [0, 0.05) is 18.7 Å². The molecule has 2 unspecified atom stereocenters. The summed E-state index contributed by atoms with van der Waals surface area (Å²) < 4.78 is 18.5. The predicted molar refractivity (Wildman–Crippen MR) is 72.8 cm³/mol. The van der Waals surface area contributed by atoms with Crippen LogP contribution in [0.25, 0.3) is 0 Å². The Bertz CT molecular complexity index is 397. The van der Waals surface area contributed by atoms with Crippen LogP contribution >= 0.6 is 0 Å². The van der Waals surface area contributed by atoms with Crippen LogP contribution in [0.15, 0.2) is 24.3 Å². The molecule has 1 saturated heterocycles. The highest BCUT2D eigenvalue weighted by Crippen LogP contribution is 2.21. The van der Waals surface area contributed by atoms with Gasteiger partial charge in [-0.25, -0.2) is 4.39 Å². The Morgan fingerprint density at radius 2 is 2.37 bits per heavy atom. The molecule has 3 nitrogen and oxygen atoms in total. The van der Waals surface area contributed by atoms with Gasteiger partial charge in [-0.1, -0.05) is 6.07 Å². The maximum atomic E-state index is 13.0. The smallest absolute Gasteiger partial charge is 0.126 e. The average Bonchev–Trinajstić information content (AvgIpc) is 2.76. The molecular weight excluding hydrogens is 245 g/mol. The summed E-state index contributed by atoms with van der Waals surface area (Å²) in [5.41, 5.74) is 0. The minimum absolute atomic E-state index is 0.255. The molecule has 0 aliphatic carbocycles. The molecule has 2 atom stereocenters. The first kappa shape index (κ1) is 14.3. The molecule has 1 N–H and O–H groups in total. The van der Waals surface area contributed by atoms with Gasteiger partial charge >= 0.3 is 0 Å². The minimum Gasteiger partial charge on any atom is -0.492 e. The van der Waals surface area contributed by atoms with E-state index in [1.54, 1.807) is 12.1 Å². The van der Waals surface area contributed by atoms with E-state index >= 15 is 0 Å². The van der Waals surface area contributed by atoms with Gasteiger partial charge in [0.05, 0.1) is 6.10 Å². The van der Waals surface area contributed by atoms with Gasteiger partial charge in [-0.2, -0.15) is 0 Å². The third-order valence-electron chi connectivity index (χ3n) is 3.56. The van der Waals surface area contributed by atoms with E-state index in [2.05, 4.69) is 4.90 Å². The van der Waals surface area contributed by atoms with E-state index in [4.69, 9.17) is 4.74 Å². The van der Waals surface area contributed by atoms with Crippen LogP contribution < -0.4 is 4.74 Å². The van der Waals surface area contributed by atoms with Crippen molar-refractivity contribution in [2.45, 2.75) is 38.3 Å². The molecule has 106 valence electrons. The normalized spacial score (nSPS) is 21.5. The first-order chi connectivity index (χ1) is 9.15. The number of hydrogen-bond donors (Lipinski definition) is 1. The lowest BCUT2D eigenvalue weighted by molar-refractivity contribution is 0.124. The number of aliphatic hydroxyl groups excluding tert-OH is 1. The first-order valence-corrected chi connectivity index (χ1v) is 6.95. The van der Waals surface area contributed by atoms with Crippen molar-refractivity contribution in [2.75, 3.05) is 19.7 Å². The SMILES string of the molecule is CC(O)CC1CCCN1CCOc1cccc(F)c1. The van der Waals surface area contributed by atoms with Gasteiger partial charge in [0.25, 0.3) is 0 Å². The molecule has 1 aromatic rings. The second-order valence-corrected chi connectivity index (χ2v) is 5.22. The van der Waals surface area contributed by atoms with Gasteiger partial charge < -0.3 is 9.84 Å². The summed E-state index contributed by atoms with van der Waals surface area (Å²) >= 11 is 0. The molecule has 1 aromatic carbocycles. The molecule has 4 heteroatoms. The Labute approximate surface area is 114 Å². The Balaban J connectivity index is 1.75. The number of aliphatic hydroxyl groups is 1. The molecule has 1 aliphatic rings.